The fraction of sp³-hybridized carbons (Fsp3) is 0.435. The predicted octanol–water partition coefficient (Wildman–Crippen LogP) is 5.73. The predicted molar refractivity (Wildman–Crippen MR) is 117 cm³/mol. The van der Waals surface area contributed by atoms with Crippen LogP contribution in [0.5, 0.6) is 0 Å². The Hall–Kier alpha value is -2.14. The number of carboxylic acid groups (broad SMARTS) is 1. The maximum atomic E-state index is 12.1. The van der Waals surface area contributed by atoms with Crippen LogP contribution in [-0.4, -0.2) is 27.6 Å². The van der Waals surface area contributed by atoms with Gasteiger partial charge in [-0.1, -0.05) is 56.7 Å². The first-order valence-corrected chi connectivity index (χ1v) is 11.5. The minimum atomic E-state index is -0.893. The van der Waals surface area contributed by atoms with Crippen molar-refractivity contribution in [1.29, 1.82) is 0 Å². The first-order chi connectivity index (χ1) is 13.7. The molecule has 4 nitrogen and oxygen atoms in total. The van der Waals surface area contributed by atoms with Crippen LogP contribution in [0.4, 0.5) is 5.69 Å². The van der Waals surface area contributed by atoms with Crippen molar-refractivity contribution >= 4 is 22.5 Å². The van der Waals surface area contributed by atoms with E-state index < -0.39 is 16.8 Å². The lowest BCUT2D eigenvalue weighted by Crippen LogP contribution is -2.02. The molecule has 0 aromatic heterocycles. The van der Waals surface area contributed by atoms with E-state index in [1.165, 1.54) is 32.1 Å². The van der Waals surface area contributed by atoms with Gasteiger partial charge >= 0.3 is 5.97 Å². The minimum Gasteiger partial charge on any atom is -0.478 e. The molecule has 0 aliphatic rings. The second kappa shape index (κ2) is 13.1. The van der Waals surface area contributed by atoms with Gasteiger partial charge in [-0.2, -0.15) is 0 Å². The topological polar surface area (TPSA) is 66.4 Å². The average Bonchev–Trinajstić information content (AvgIpc) is 2.72. The van der Waals surface area contributed by atoms with Gasteiger partial charge in [0.25, 0.3) is 0 Å². The summed E-state index contributed by atoms with van der Waals surface area (Å²) < 4.78 is 12.1. The van der Waals surface area contributed by atoms with E-state index in [4.69, 9.17) is 5.11 Å². The van der Waals surface area contributed by atoms with E-state index in [0.717, 1.165) is 42.1 Å². The van der Waals surface area contributed by atoms with Crippen molar-refractivity contribution in [3.63, 3.8) is 0 Å². The van der Waals surface area contributed by atoms with Gasteiger partial charge in [-0.25, -0.2) is 4.79 Å². The molecule has 0 spiro atoms. The van der Waals surface area contributed by atoms with Crippen molar-refractivity contribution in [2.45, 2.75) is 56.3 Å². The zero-order valence-corrected chi connectivity index (χ0v) is 17.3. The number of aromatic carboxylic acids is 1. The number of anilines is 1. The summed E-state index contributed by atoms with van der Waals surface area (Å²) in [6.07, 6.45) is 9.50. The number of carbonyl (C=O) groups is 1. The first-order valence-electron chi connectivity index (χ1n) is 10.2. The van der Waals surface area contributed by atoms with Gasteiger partial charge in [0, 0.05) is 22.9 Å². The van der Waals surface area contributed by atoms with Gasteiger partial charge in [0.05, 0.1) is 16.4 Å². The van der Waals surface area contributed by atoms with Gasteiger partial charge < -0.3 is 10.4 Å². The summed E-state index contributed by atoms with van der Waals surface area (Å²) in [7, 11) is -0.852. The molecule has 28 heavy (non-hydrogen) atoms. The standard InChI is InChI=1S/C23H31NO3S/c25-23(26)20-14-16-21(17-15-20)24-18-10-5-3-1-2-4-6-11-19-28(27)22-12-8-7-9-13-22/h7-9,12-17,24H,1-6,10-11,18-19H2,(H,25,26). The van der Waals surface area contributed by atoms with Crippen LogP contribution in [0.2, 0.25) is 0 Å². The van der Waals surface area contributed by atoms with Crippen molar-refractivity contribution in [3.05, 3.63) is 60.2 Å². The summed E-state index contributed by atoms with van der Waals surface area (Å²) in [6.45, 7) is 0.914. The summed E-state index contributed by atoms with van der Waals surface area (Å²) >= 11 is 0. The Morgan fingerprint density at radius 1 is 0.786 bits per heavy atom. The molecule has 0 bridgehead atoms. The number of hydrogen-bond acceptors (Lipinski definition) is 3. The maximum Gasteiger partial charge on any atom is 0.335 e. The summed E-state index contributed by atoms with van der Waals surface area (Å²) in [5.41, 5.74) is 1.29. The Morgan fingerprint density at radius 3 is 1.96 bits per heavy atom. The van der Waals surface area contributed by atoms with Crippen LogP contribution in [-0.2, 0) is 10.8 Å². The summed E-state index contributed by atoms with van der Waals surface area (Å²) in [4.78, 5) is 11.7. The molecule has 2 aromatic rings. The Morgan fingerprint density at radius 2 is 1.36 bits per heavy atom. The molecular formula is C23H31NO3S. The van der Waals surface area contributed by atoms with E-state index in [1.807, 2.05) is 42.5 Å². The van der Waals surface area contributed by atoms with E-state index >= 15 is 0 Å². The molecule has 2 aromatic carbocycles. The molecule has 0 amide bonds. The van der Waals surface area contributed by atoms with Crippen LogP contribution in [0, 0.1) is 0 Å². The van der Waals surface area contributed by atoms with Crippen LogP contribution < -0.4 is 5.32 Å². The molecule has 0 aliphatic heterocycles. The van der Waals surface area contributed by atoms with Crippen LogP contribution in [0.15, 0.2) is 59.5 Å². The number of rotatable bonds is 14. The zero-order valence-electron chi connectivity index (χ0n) is 16.4. The second-order valence-corrected chi connectivity index (χ2v) is 8.57. The first kappa shape index (κ1) is 22.2. The third-order valence-electron chi connectivity index (χ3n) is 4.72. The highest BCUT2D eigenvalue weighted by Gasteiger charge is 2.03. The van der Waals surface area contributed by atoms with Gasteiger partial charge in [0.2, 0.25) is 0 Å². The molecule has 2 rings (SSSR count). The van der Waals surface area contributed by atoms with Crippen molar-refractivity contribution < 1.29 is 14.1 Å². The number of hydrogen-bond donors (Lipinski definition) is 2. The number of nitrogens with one attached hydrogen (secondary N) is 1. The number of unbranched alkanes of at least 4 members (excludes halogenated alkanes) is 7. The third-order valence-corrected chi connectivity index (χ3v) is 6.18. The molecule has 0 radical (unpaired) electrons. The third kappa shape index (κ3) is 8.70. The molecule has 152 valence electrons. The van der Waals surface area contributed by atoms with Crippen molar-refractivity contribution in [1.82, 2.24) is 0 Å². The highest BCUT2D eigenvalue weighted by atomic mass is 32.2. The normalized spacial score (nSPS) is 11.9. The van der Waals surface area contributed by atoms with Crippen LogP contribution in [0.25, 0.3) is 0 Å². The molecule has 0 fully saturated rings. The Labute approximate surface area is 170 Å². The quantitative estimate of drug-likeness (QED) is 0.397. The van der Waals surface area contributed by atoms with Crippen molar-refractivity contribution in [2.24, 2.45) is 0 Å². The van der Waals surface area contributed by atoms with E-state index in [1.54, 1.807) is 12.1 Å². The SMILES string of the molecule is O=C(O)c1ccc(NCCCCCCCCCCS(=O)c2ccccc2)cc1. The van der Waals surface area contributed by atoms with E-state index in [2.05, 4.69) is 5.32 Å². The van der Waals surface area contributed by atoms with E-state index in [0.29, 0.717) is 5.56 Å². The lowest BCUT2D eigenvalue weighted by atomic mass is 10.1. The largest absolute Gasteiger partial charge is 0.478 e. The lowest BCUT2D eigenvalue weighted by molar-refractivity contribution is 0.0697. The molecule has 1 unspecified atom stereocenters. The Kier molecular flexibility index (Phi) is 10.4. The van der Waals surface area contributed by atoms with Crippen LogP contribution in [0.3, 0.4) is 0 Å². The van der Waals surface area contributed by atoms with Gasteiger partial charge in [-0.05, 0) is 49.2 Å². The summed E-state index contributed by atoms with van der Waals surface area (Å²) in [6, 6.07) is 16.6. The molecule has 5 heteroatoms. The summed E-state index contributed by atoms with van der Waals surface area (Å²) in [5.74, 6) is -0.126. The van der Waals surface area contributed by atoms with Crippen LogP contribution in [0.1, 0.15) is 61.7 Å². The van der Waals surface area contributed by atoms with Gasteiger partial charge in [-0.3, -0.25) is 4.21 Å². The van der Waals surface area contributed by atoms with Gasteiger partial charge in [0.15, 0.2) is 0 Å². The molecule has 0 saturated carbocycles. The fourth-order valence-corrected chi connectivity index (χ4v) is 4.24. The molecule has 1 atom stereocenters. The molecule has 0 heterocycles. The molecule has 0 saturated heterocycles. The summed E-state index contributed by atoms with van der Waals surface area (Å²) in [5, 5.41) is 12.2. The number of carboxylic acids is 1. The van der Waals surface area contributed by atoms with Crippen molar-refractivity contribution in [3.8, 4) is 0 Å². The highest BCUT2D eigenvalue weighted by molar-refractivity contribution is 7.85. The maximum absolute atomic E-state index is 12.1. The van der Waals surface area contributed by atoms with Crippen molar-refractivity contribution in [2.75, 3.05) is 17.6 Å². The highest BCUT2D eigenvalue weighted by Crippen LogP contribution is 2.13. The molecular weight excluding hydrogens is 370 g/mol. The van der Waals surface area contributed by atoms with Gasteiger partial charge in [-0.15, -0.1) is 0 Å². The smallest absolute Gasteiger partial charge is 0.335 e. The minimum absolute atomic E-state index is 0.317. The molecule has 0 aliphatic carbocycles. The molecule has 2 N–H and O–H groups in total. The monoisotopic (exact) mass is 401 g/mol. The zero-order chi connectivity index (χ0) is 20.0. The Bertz CT molecular complexity index is 716. The fourth-order valence-electron chi connectivity index (χ4n) is 3.07. The van der Waals surface area contributed by atoms with E-state index in [-0.39, 0.29) is 0 Å². The average molecular weight is 402 g/mol. The Balaban J connectivity index is 1.40. The van der Waals surface area contributed by atoms with Gasteiger partial charge in [0.1, 0.15) is 0 Å². The second-order valence-electron chi connectivity index (χ2n) is 7.00. The van der Waals surface area contributed by atoms with Crippen LogP contribution >= 0.6 is 0 Å². The number of benzene rings is 2. The lowest BCUT2D eigenvalue weighted by Gasteiger charge is -2.07. The van der Waals surface area contributed by atoms with E-state index in [9.17, 15) is 9.00 Å².